The monoisotopic (exact) mass is 912 g/mol. The van der Waals surface area contributed by atoms with Crippen LogP contribution < -0.4 is 0 Å². The first-order valence-electron chi connectivity index (χ1n) is 23.4. The molecule has 5 aromatic heterocycles. The van der Waals surface area contributed by atoms with Crippen molar-refractivity contribution in [3.8, 4) is 62.1 Å². The van der Waals surface area contributed by atoms with E-state index in [4.69, 9.17) is 23.8 Å². The molecule has 10 aromatic carbocycles. The summed E-state index contributed by atoms with van der Waals surface area (Å²) in [5, 5.41) is 8.85. The van der Waals surface area contributed by atoms with Gasteiger partial charge in [-0.05, 0) is 95.1 Å². The van der Waals surface area contributed by atoms with Crippen LogP contribution in [0.5, 0.6) is 0 Å². The minimum atomic E-state index is 0.533. The van der Waals surface area contributed by atoms with Gasteiger partial charge in [-0.25, -0.2) is 15.0 Å². The molecule has 0 unspecified atom stereocenters. The predicted molar refractivity (Wildman–Crippen MR) is 289 cm³/mol. The molecule has 0 radical (unpaired) electrons. The van der Waals surface area contributed by atoms with E-state index in [0.717, 1.165) is 88.4 Å². The Labute approximate surface area is 404 Å². The number of furan rings is 2. The van der Waals surface area contributed by atoms with E-state index >= 15 is 0 Å². The Kier molecular flexibility index (Phi) is 8.43. The lowest BCUT2D eigenvalue weighted by Crippen LogP contribution is -2.00. The minimum Gasteiger partial charge on any atom is -0.456 e. The van der Waals surface area contributed by atoms with Crippen molar-refractivity contribution in [1.82, 2.24) is 19.5 Å². The second kappa shape index (κ2) is 15.2. The van der Waals surface area contributed by atoms with E-state index in [1.54, 1.807) is 11.3 Å². The standard InChI is InChI=1S/C63H36N4O2S/c1-2-13-37(14-3-1)38-15-10-16-42(33-38)67-52-23-7-4-17-43(52)50-34-39(28-31-53(50)67)40-29-32-55-51(35-40)59-48(21-12-25-56(59)68-55)62-64-61(41-27-30-46-45-19-6-9-26-57(45)70-58(46)36-41)65-63(66-62)49-22-11-20-47-44-18-5-8-24-54(44)69-60(47)49/h1-36H. The van der Waals surface area contributed by atoms with E-state index in [1.165, 1.54) is 42.1 Å². The normalized spacial score (nSPS) is 12.0. The molecule has 0 saturated heterocycles. The summed E-state index contributed by atoms with van der Waals surface area (Å²) in [4.78, 5) is 15.9. The van der Waals surface area contributed by atoms with Gasteiger partial charge in [0.05, 0.1) is 16.6 Å². The van der Waals surface area contributed by atoms with E-state index in [0.29, 0.717) is 17.5 Å². The molecule has 0 amide bonds. The van der Waals surface area contributed by atoms with E-state index < -0.39 is 0 Å². The highest BCUT2D eigenvalue weighted by Crippen LogP contribution is 2.43. The highest BCUT2D eigenvalue weighted by molar-refractivity contribution is 7.25. The number of hydrogen-bond donors (Lipinski definition) is 0. The maximum Gasteiger partial charge on any atom is 0.167 e. The summed E-state index contributed by atoms with van der Waals surface area (Å²) in [6.45, 7) is 0. The second-order valence-corrected chi connectivity index (χ2v) is 19.0. The quantitative estimate of drug-likeness (QED) is 0.166. The molecule has 0 N–H and O–H groups in total. The summed E-state index contributed by atoms with van der Waals surface area (Å²) in [5.74, 6) is 1.66. The molecule has 0 atom stereocenters. The fourth-order valence-corrected chi connectivity index (χ4v) is 11.8. The zero-order chi connectivity index (χ0) is 45.9. The smallest absolute Gasteiger partial charge is 0.167 e. The summed E-state index contributed by atoms with van der Waals surface area (Å²) in [7, 11) is 0. The Balaban J connectivity index is 0.904. The third kappa shape index (κ3) is 6.02. The SMILES string of the molecule is c1ccc(-c2cccc(-n3c4ccccc4c4cc(-c5ccc6oc7cccc(-c8nc(-c9ccc%10c(c9)sc9ccccc9%10)nc(-c9cccc%10c9oc9ccccc9%10)n8)c7c6c5)ccc43)c2)cc1. The highest BCUT2D eigenvalue weighted by atomic mass is 32.1. The van der Waals surface area contributed by atoms with Gasteiger partial charge in [0.2, 0.25) is 0 Å². The fraction of sp³-hybridized carbons (Fsp3) is 0. The molecule has 326 valence electrons. The molecule has 7 heteroatoms. The molecule has 15 aromatic rings. The lowest BCUT2D eigenvalue weighted by Gasteiger charge is -2.11. The average Bonchev–Trinajstić information content (AvgIpc) is 4.19. The van der Waals surface area contributed by atoms with Gasteiger partial charge < -0.3 is 13.4 Å². The molecule has 6 nitrogen and oxygen atoms in total. The van der Waals surface area contributed by atoms with Crippen molar-refractivity contribution in [2.45, 2.75) is 0 Å². The van der Waals surface area contributed by atoms with Crippen molar-refractivity contribution in [3.63, 3.8) is 0 Å². The summed E-state index contributed by atoms with van der Waals surface area (Å²) in [6, 6.07) is 76.9. The van der Waals surface area contributed by atoms with Crippen LogP contribution >= 0.6 is 11.3 Å². The first-order valence-corrected chi connectivity index (χ1v) is 24.2. The summed E-state index contributed by atoms with van der Waals surface area (Å²) in [5.41, 5.74) is 13.7. The number of nitrogens with zero attached hydrogens (tertiary/aromatic N) is 4. The molecule has 0 aliphatic heterocycles. The molecule has 0 bridgehead atoms. The number of aromatic nitrogens is 4. The van der Waals surface area contributed by atoms with Gasteiger partial charge in [0.25, 0.3) is 0 Å². The fourth-order valence-electron chi connectivity index (χ4n) is 10.6. The number of hydrogen-bond acceptors (Lipinski definition) is 6. The molecule has 15 rings (SSSR count). The van der Waals surface area contributed by atoms with Crippen LogP contribution in [0.4, 0.5) is 0 Å². The zero-order valence-electron chi connectivity index (χ0n) is 37.3. The van der Waals surface area contributed by atoms with Crippen LogP contribution in [0.2, 0.25) is 0 Å². The van der Waals surface area contributed by atoms with Gasteiger partial charge in [0.15, 0.2) is 17.5 Å². The Morgan fingerprint density at radius 1 is 0.329 bits per heavy atom. The minimum absolute atomic E-state index is 0.533. The molecule has 0 fully saturated rings. The van der Waals surface area contributed by atoms with Gasteiger partial charge in [-0.3, -0.25) is 0 Å². The van der Waals surface area contributed by atoms with E-state index in [1.807, 2.05) is 36.4 Å². The number of fused-ring (bicyclic) bond motifs is 12. The van der Waals surface area contributed by atoms with Crippen LogP contribution in [0.15, 0.2) is 227 Å². The summed E-state index contributed by atoms with van der Waals surface area (Å²) in [6.07, 6.45) is 0. The van der Waals surface area contributed by atoms with Gasteiger partial charge >= 0.3 is 0 Å². The Morgan fingerprint density at radius 2 is 0.943 bits per heavy atom. The highest BCUT2D eigenvalue weighted by Gasteiger charge is 2.22. The van der Waals surface area contributed by atoms with Crippen molar-refractivity contribution < 1.29 is 8.83 Å². The third-order valence-electron chi connectivity index (χ3n) is 13.9. The Bertz CT molecular complexity index is 4620. The van der Waals surface area contributed by atoms with Crippen molar-refractivity contribution in [2.75, 3.05) is 0 Å². The summed E-state index contributed by atoms with van der Waals surface area (Å²) < 4.78 is 18.0. The van der Waals surface area contributed by atoms with E-state index in [9.17, 15) is 0 Å². The van der Waals surface area contributed by atoms with Crippen molar-refractivity contribution in [2.24, 2.45) is 0 Å². The van der Waals surface area contributed by atoms with Gasteiger partial charge in [-0.1, -0.05) is 146 Å². The van der Waals surface area contributed by atoms with Crippen LogP contribution in [0.25, 0.3) is 148 Å². The summed E-state index contributed by atoms with van der Waals surface area (Å²) >= 11 is 1.78. The number of rotatable bonds is 6. The van der Waals surface area contributed by atoms with Crippen LogP contribution in [0, 0.1) is 0 Å². The lowest BCUT2D eigenvalue weighted by atomic mass is 9.99. The van der Waals surface area contributed by atoms with Crippen LogP contribution in [-0.2, 0) is 0 Å². The lowest BCUT2D eigenvalue weighted by molar-refractivity contribution is 0.668. The topological polar surface area (TPSA) is 69.9 Å². The maximum atomic E-state index is 6.64. The molecule has 0 spiro atoms. The molecular weight excluding hydrogens is 877 g/mol. The number of benzene rings is 10. The van der Waals surface area contributed by atoms with Gasteiger partial charge in [0.1, 0.15) is 22.3 Å². The molecule has 0 aliphatic rings. The van der Waals surface area contributed by atoms with Gasteiger partial charge in [-0.15, -0.1) is 11.3 Å². The van der Waals surface area contributed by atoms with Crippen LogP contribution in [-0.4, -0.2) is 19.5 Å². The van der Waals surface area contributed by atoms with Gasteiger partial charge in [-0.2, -0.15) is 0 Å². The van der Waals surface area contributed by atoms with Crippen molar-refractivity contribution >= 4 is 97.2 Å². The first kappa shape index (κ1) is 38.9. The number of para-hydroxylation sites is 3. The molecule has 70 heavy (non-hydrogen) atoms. The molecule has 5 heterocycles. The average molecular weight is 913 g/mol. The Hall–Kier alpha value is -9.17. The van der Waals surface area contributed by atoms with E-state index in [2.05, 4.69) is 187 Å². The van der Waals surface area contributed by atoms with Crippen molar-refractivity contribution in [1.29, 1.82) is 0 Å². The third-order valence-corrected chi connectivity index (χ3v) is 15.0. The zero-order valence-corrected chi connectivity index (χ0v) is 38.1. The van der Waals surface area contributed by atoms with Gasteiger partial charge in [0, 0.05) is 69.3 Å². The second-order valence-electron chi connectivity index (χ2n) is 17.9. The van der Waals surface area contributed by atoms with Crippen LogP contribution in [0.3, 0.4) is 0 Å². The Morgan fingerprint density at radius 3 is 1.86 bits per heavy atom. The maximum absolute atomic E-state index is 6.64. The molecule has 0 aliphatic carbocycles. The largest absolute Gasteiger partial charge is 0.456 e. The van der Waals surface area contributed by atoms with Crippen molar-refractivity contribution in [3.05, 3.63) is 218 Å². The van der Waals surface area contributed by atoms with Crippen LogP contribution in [0.1, 0.15) is 0 Å². The molecule has 0 saturated carbocycles. The predicted octanol–water partition coefficient (Wildman–Crippen LogP) is 17.5. The molecular formula is C63H36N4O2S. The van der Waals surface area contributed by atoms with E-state index in [-0.39, 0.29) is 0 Å². The first-order chi connectivity index (χ1) is 34.7. The number of thiophene rings is 1.